The van der Waals surface area contributed by atoms with Gasteiger partial charge in [-0.2, -0.15) is 13.2 Å². The van der Waals surface area contributed by atoms with E-state index in [-0.39, 0.29) is 12.2 Å². The molecule has 1 heterocycles. The number of thioether (sulfide) groups is 1. The zero-order chi connectivity index (χ0) is 26.5. The molecule has 13 heteroatoms. The number of hydrogen-bond donors (Lipinski definition) is 0. The van der Waals surface area contributed by atoms with Gasteiger partial charge in [-0.15, -0.1) is 0 Å². The third-order valence-electron chi connectivity index (χ3n) is 5.40. The summed E-state index contributed by atoms with van der Waals surface area (Å²) in [6.45, 7) is 2.74. The van der Waals surface area contributed by atoms with Crippen LogP contribution in [0, 0.1) is 17.5 Å². The van der Waals surface area contributed by atoms with E-state index in [1.807, 2.05) is 0 Å². The molecule has 0 aliphatic carbocycles. The molecule has 1 fully saturated rings. The number of imide groups is 1. The Balaban J connectivity index is 1.86. The number of nitrogens with zero attached hydrogens (tertiary/aromatic N) is 3. The second kappa shape index (κ2) is 12.0. The molecule has 0 N–H and O–H groups in total. The molecule has 0 bridgehead atoms. The number of hydrogen-bond acceptors (Lipinski definition) is 5. The molecule has 0 spiro atoms. The summed E-state index contributed by atoms with van der Waals surface area (Å²) in [5, 5.41) is 0. The molecule has 196 valence electrons. The van der Waals surface area contributed by atoms with Gasteiger partial charge >= 0.3 is 11.5 Å². The fourth-order valence-corrected chi connectivity index (χ4v) is 4.20. The Morgan fingerprint density at radius 2 is 1.67 bits per heavy atom. The standard InChI is InChI=1S/C23H23F6N3O3S/c1-30(21(33)20-16(24)4-2-5-17(20)25)22(34)32(9-3-8-31-10-12-35-13-11-31)19-7-6-15(14-18(19)26)36-23(27,28)29/h2,4-7,14H,3,8-13H2,1H3. The smallest absolute Gasteiger partial charge is 0.379 e. The zero-order valence-corrected chi connectivity index (χ0v) is 20.0. The molecule has 0 radical (unpaired) electrons. The van der Waals surface area contributed by atoms with Gasteiger partial charge in [0.2, 0.25) is 0 Å². The molecule has 36 heavy (non-hydrogen) atoms. The maximum Gasteiger partial charge on any atom is 0.446 e. The molecular formula is C23H23F6N3O3S. The van der Waals surface area contributed by atoms with E-state index >= 15 is 0 Å². The third-order valence-corrected chi connectivity index (χ3v) is 6.12. The van der Waals surface area contributed by atoms with E-state index in [1.54, 1.807) is 0 Å². The molecule has 6 nitrogen and oxygen atoms in total. The molecule has 3 rings (SSSR count). The molecule has 2 aromatic carbocycles. The van der Waals surface area contributed by atoms with Gasteiger partial charge in [0, 0.05) is 38.1 Å². The SMILES string of the molecule is CN(C(=O)c1c(F)cccc1F)C(=O)N(CCCN1CCOCC1)c1ccc(SC(F)(F)F)cc1F. The van der Waals surface area contributed by atoms with Crippen LogP contribution in [0.2, 0.25) is 0 Å². The summed E-state index contributed by atoms with van der Waals surface area (Å²) in [6, 6.07) is 4.29. The first-order chi connectivity index (χ1) is 17.0. The van der Waals surface area contributed by atoms with Crippen molar-refractivity contribution in [2.75, 3.05) is 51.3 Å². The Kier molecular flexibility index (Phi) is 9.25. The van der Waals surface area contributed by atoms with Crippen LogP contribution in [0.4, 0.5) is 36.8 Å². The molecule has 1 saturated heterocycles. The van der Waals surface area contributed by atoms with E-state index in [2.05, 4.69) is 4.90 Å². The minimum atomic E-state index is -4.64. The summed E-state index contributed by atoms with van der Waals surface area (Å²) >= 11 is -0.518. The van der Waals surface area contributed by atoms with E-state index in [1.165, 1.54) is 0 Å². The number of alkyl halides is 3. The summed E-state index contributed by atoms with van der Waals surface area (Å²) in [6.07, 6.45) is 0.320. The molecular weight excluding hydrogens is 512 g/mol. The molecule has 0 aromatic heterocycles. The Morgan fingerprint density at radius 1 is 1.03 bits per heavy atom. The normalized spacial score (nSPS) is 14.5. The lowest BCUT2D eigenvalue weighted by Crippen LogP contribution is -2.46. The molecule has 0 unspecified atom stereocenters. The zero-order valence-electron chi connectivity index (χ0n) is 19.2. The maximum atomic E-state index is 14.9. The van der Waals surface area contributed by atoms with E-state index in [4.69, 9.17) is 4.74 Å². The first-order valence-electron chi connectivity index (χ1n) is 10.9. The van der Waals surface area contributed by atoms with Gasteiger partial charge in [-0.25, -0.2) is 18.0 Å². The lowest BCUT2D eigenvalue weighted by atomic mass is 10.1. The molecule has 1 aliphatic heterocycles. The van der Waals surface area contributed by atoms with Crippen molar-refractivity contribution in [3.8, 4) is 0 Å². The third kappa shape index (κ3) is 7.14. The van der Waals surface area contributed by atoms with Crippen LogP contribution >= 0.6 is 11.8 Å². The minimum absolute atomic E-state index is 0.115. The topological polar surface area (TPSA) is 53.1 Å². The maximum absolute atomic E-state index is 14.9. The van der Waals surface area contributed by atoms with Crippen molar-refractivity contribution < 1.29 is 40.7 Å². The van der Waals surface area contributed by atoms with Crippen LogP contribution < -0.4 is 4.90 Å². The highest BCUT2D eigenvalue weighted by Gasteiger charge is 2.32. The van der Waals surface area contributed by atoms with Gasteiger partial charge in [-0.1, -0.05) is 6.07 Å². The lowest BCUT2D eigenvalue weighted by Gasteiger charge is -2.30. The number of morpholine rings is 1. The molecule has 0 saturated carbocycles. The van der Waals surface area contributed by atoms with Crippen LogP contribution in [0.1, 0.15) is 16.8 Å². The molecule has 2 aromatic rings. The summed E-state index contributed by atoms with van der Waals surface area (Å²) in [5.41, 5.74) is -5.97. The summed E-state index contributed by atoms with van der Waals surface area (Å²) < 4.78 is 86.5. The average molecular weight is 536 g/mol. The second-order valence-corrected chi connectivity index (χ2v) is 9.00. The summed E-state index contributed by atoms with van der Waals surface area (Å²) in [4.78, 5) is 28.9. The Bertz CT molecular complexity index is 1070. The molecule has 1 aliphatic rings. The van der Waals surface area contributed by atoms with Crippen molar-refractivity contribution in [2.45, 2.75) is 16.8 Å². The van der Waals surface area contributed by atoms with Gasteiger partial charge in [0.05, 0.1) is 18.9 Å². The van der Waals surface area contributed by atoms with E-state index in [9.17, 15) is 35.9 Å². The van der Waals surface area contributed by atoms with E-state index < -0.39 is 57.1 Å². The highest BCUT2D eigenvalue weighted by molar-refractivity contribution is 8.00. The predicted octanol–water partition coefficient (Wildman–Crippen LogP) is 5.14. The second-order valence-electron chi connectivity index (χ2n) is 7.86. The number of halogens is 6. The van der Waals surface area contributed by atoms with Crippen molar-refractivity contribution in [3.63, 3.8) is 0 Å². The minimum Gasteiger partial charge on any atom is -0.379 e. The first kappa shape index (κ1) is 27.8. The number of amides is 3. The predicted molar refractivity (Wildman–Crippen MR) is 121 cm³/mol. The number of carbonyl (C=O) groups excluding carboxylic acids is 2. The number of rotatable bonds is 7. The van der Waals surface area contributed by atoms with Crippen molar-refractivity contribution in [2.24, 2.45) is 0 Å². The Morgan fingerprint density at radius 3 is 2.25 bits per heavy atom. The van der Waals surface area contributed by atoms with Crippen LogP contribution in [-0.4, -0.2) is 73.7 Å². The number of benzene rings is 2. The van der Waals surface area contributed by atoms with Gasteiger partial charge in [-0.05, 0) is 48.5 Å². The molecule has 0 atom stereocenters. The Hall–Kier alpha value is -2.77. The summed E-state index contributed by atoms with van der Waals surface area (Å²) in [7, 11) is 0.983. The lowest BCUT2D eigenvalue weighted by molar-refractivity contribution is -0.0328. The van der Waals surface area contributed by atoms with E-state index in [0.717, 1.165) is 42.3 Å². The number of ether oxygens (including phenoxy) is 1. The number of anilines is 1. The van der Waals surface area contributed by atoms with Crippen molar-refractivity contribution in [1.29, 1.82) is 0 Å². The van der Waals surface area contributed by atoms with Gasteiger partial charge in [0.25, 0.3) is 5.91 Å². The quantitative estimate of drug-likeness (QED) is 0.363. The van der Waals surface area contributed by atoms with Crippen LogP contribution in [0.3, 0.4) is 0 Å². The van der Waals surface area contributed by atoms with Crippen molar-refractivity contribution in [1.82, 2.24) is 9.80 Å². The highest BCUT2D eigenvalue weighted by Crippen LogP contribution is 2.38. The van der Waals surface area contributed by atoms with Crippen LogP contribution in [0.25, 0.3) is 0 Å². The largest absolute Gasteiger partial charge is 0.446 e. The van der Waals surface area contributed by atoms with E-state index in [0.29, 0.717) is 50.2 Å². The Labute approximate surface area is 207 Å². The van der Waals surface area contributed by atoms with Crippen molar-refractivity contribution in [3.05, 3.63) is 59.4 Å². The fourth-order valence-electron chi connectivity index (χ4n) is 3.64. The van der Waals surface area contributed by atoms with Gasteiger partial charge < -0.3 is 4.74 Å². The average Bonchev–Trinajstić information content (AvgIpc) is 2.81. The number of urea groups is 1. The number of carbonyl (C=O) groups is 2. The van der Waals surface area contributed by atoms with Crippen molar-refractivity contribution >= 4 is 29.4 Å². The van der Waals surface area contributed by atoms with Gasteiger partial charge in [0.15, 0.2) is 0 Å². The van der Waals surface area contributed by atoms with Crippen LogP contribution in [-0.2, 0) is 4.74 Å². The molecule has 3 amide bonds. The van der Waals surface area contributed by atoms with Gasteiger partial charge in [0.1, 0.15) is 23.0 Å². The van der Waals surface area contributed by atoms with Crippen LogP contribution in [0.15, 0.2) is 41.3 Å². The highest BCUT2D eigenvalue weighted by atomic mass is 32.2. The summed E-state index contributed by atoms with van der Waals surface area (Å²) in [5.74, 6) is -4.78. The van der Waals surface area contributed by atoms with Crippen LogP contribution in [0.5, 0.6) is 0 Å². The first-order valence-corrected chi connectivity index (χ1v) is 11.7. The van der Waals surface area contributed by atoms with Gasteiger partial charge in [-0.3, -0.25) is 19.5 Å². The fraction of sp³-hybridized carbons (Fsp3) is 0.391. The monoisotopic (exact) mass is 535 g/mol.